The molecule has 1 fully saturated rings. The average molecular weight is 814 g/mol. The van der Waals surface area contributed by atoms with Gasteiger partial charge in [-0.25, -0.2) is 0 Å². The van der Waals surface area contributed by atoms with Crippen LogP contribution in [0.4, 0.5) is 0 Å². The molecule has 0 saturated carbocycles. The molecule has 0 aliphatic carbocycles. The van der Waals surface area contributed by atoms with Gasteiger partial charge in [-0.15, -0.1) is 0 Å². The fraction of sp³-hybridized carbons (Fsp3) is 0.979. The Hall–Kier alpha value is -0.810. The number of aliphatic hydroxyl groups is 5. The summed E-state index contributed by atoms with van der Waals surface area (Å²) in [6.07, 6.45) is 36.9. The molecular weight excluding hydrogens is 719 g/mol. The minimum Gasteiger partial charge on any atom is -0.394 e. The van der Waals surface area contributed by atoms with Gasteiger partial charge in [0.1, 0.15) is 24.4 Å². The summed E-state index contributed by atoms with van der Waals surface area (Å²) in [7, 11) is 0. The first-order chi connectivity index (χ1) is 27.8. The maximum atomic E-state index is 12.9. The molecule has 9 nitrogen and oxygen atoms in total. The lowest BCUT2D eigenvalue weighted by Crippen LogP contribution is -2.60. The van der Waals surface area contributed by atoms with Crippen LogP contribution in [-0.4, -0.2) is 87.5 Å². The minimum absolute atomic E-state index is 0.132. The molecule has 57 heavy (non-hydrogen) atoms. The number of ether oxygens (including phenoxy) is 2. The van der Waals surface area contributed by atoms with Gasteiger partial charge in [-0.05, 0) is 12.8 Å². The summed E-state index contributed by atoms with van der Waals surface area (Å²) in [4.78, 5) is 12.9. The molecule has 7 unspecified atom stereocenters. The number of unbranched alkanes of at least 4 members (excludes halogenated alkanes) is 32. The van der Waals surface area contributed by atoms with E-state index >= 15 is 0 Å². The molecule has 9 heteroatoms. The van der Waals surface area contributed by atoms with Crippen molar-refractivity contribution in [2.45, 2.75) is 288 Å². The number of rotatable bonds is 42. The molecule has 0 radical (unpaired) electrons. The van der Waals surface area contributed by atoms with Crippen LogP contribution in [-0.2, 0) is 14.3 Å². The first kappa shape index (κ1) is 54.2. The number of amides is 1. The largest absolute Gasteiger partial charge is 0.394 e. The highest BCUT2D eigenvalue weighted by Crippen LogP contribution is 2.23. The third-order valence-corrected chi connectivity index (χ3v) is 12.2. The van der Waals surface area contributed by atoms with E-state index in [9.17, 15) is 30.3 Å². The Labute approximate surface area is 351 Å². The Bertz CT molecular complexity index is 862. The lowest BCUT2D eigenvalue weighted by atomic mass is 9.99. The van der Waals surface area contributed by atoms with Crippen molar-refractivity contribution in [2.24, 2.45) is 0 Å². The molecule has 1 amide bonds. The molecular formula is C48H95NO8. The highest BCUT2D eigenvalue weighted by atomic mass is 16.7. The summed E-state index contributed by atoms with van der Waals surface area (Å²) >= 11 is 0. The van der Waals surface area contributed by atoms with Crippen LogP contribution in [0.3, 0.4) is 0 Å². The van der Waals surface area contributed by atoms with Crippen LogP contribution in [0.1, 0.15) is 245 Å². The van der Waals surface area contributed by atoms with E-state index in [0.29, 0.717) is 12.8 Å². The van der Waals surface area contributed by atoms with Gasteiger partial charge < -0.3 is 40.3 Å². The Morgan fingerprint density at radius 3 is 1.25 bits per heavy atom. The van der Waals surface area contributed by atoms with Gasteiger partial charge in [-0.2, -0.15) is 0 Å². The third kappa shape index (κ3) is 30.0. The van der Waals surface area contributed by atoms with E-state index in [1.807, 2.05) is 0 Å². The maximum absolute atomic E-state index is 12.9. The minimum atomic E-state index is -1.55. The van der Waals surface area contributed by atoms with Gasteiger partial charge in [0.15, 0.2) is 6.29 Å². The zero-order valence-corrected chi connectivity index (χ0v) is 37.4. The second-order valence-electron chi connectivity index (χ2n) is 17.6. The molecule has 1 rings (SSSR count). The molecule has 0 aromatic rings. The van der Waals surface area contributed by atoms with Crippen LogP contribution in [0.15, 0.2) is 0 Å². The quantitative estimate of drug-likeness (QED) is 0.0334. The predicted molar refractivity (Wildman–Crippen MR) is 235 cm³/mol. The van der Waals surface area contributed by atoms with Gasteiger partial charge in [0.05, 0.1) is 25.4 Å². The number of aliphatic hydroxyl groups excluding tert-OH is 5. The highest BCUT2D eigenvalue weighted by molar-refractivity contribution is 5.76. The molecule has 1 heterocycles. The van der Waals surface area contributed by atoms with Crippen LogP contribution in [0.2, 0.25) is 0 Å². The molecule has 0 aromatic carbocycles. The summed E-state index contributed by atoms with van der Waals surface area (Å²) < 4.78 is 11.3. The average Bonchev–Trinajstić information content (AvgIpc) is 3.21. The van der Waals surface area contributed by atoms with Crippen molar-refractivity contribution in [3.63, 3.8) is 0 Å². The molecule has 340 valence electrons. The van der Waals surface area contributed by atoms with Crippen molar-refractivity contribution in [1.29, 1.82) is 0 Å². The van der Waals surface area contributed by atoms with Crippen LogP contribution in [0.25, 0.3) is 0 Å². The van der Waals surface area contributed by atoms with Crippen molar-refractivity contribution >= 4 is 5.91 Å². The van der Waals surface area contributed by atoms with Crippen LogP contribution >= 0.6 is 0 Å². The molecule has 7 atom stereocenters. The van der Waals surface area contributed by atoms with Gasteiger partial charge in [0.2, 0.25) is 5.91 Å². The topological polar surface area (TPSA) is 149 Å². The number of hydrogen-bond acceptors (Lipinski definition) is 8. The first-order valence-electron chi connectivity index (χ1n) is 24.7. The molecule has 0 bridgehead atoms. The highest BCUT2D eigenvalue weighted by Gasteiger charge is 2.44. The van der Waals surface area contributed by atoms with Crippen molar-refractivity contribution in [2.75, 3.05) is 13.2 Å². The van der Waals surface area contributed by atoms with Gasteiger partial charge in [-0.1, -0.05) is 226 Å². The molecule has 0 aromatic heterocycles. The first-order valence-corrected chi connectivity index (χ1v) is 24.7. The van der Waals surface area contributed by atoms with Crippen molar-refractivity contribution in [1.82, 2.24) is 5.32 Å². The lowest BCUT2D eigenvalue weighted by molar-refractivity contribution is -0.302. The maximum Gasteiger partial charge on any atom is 0.220 e. The SMILES string of the molecule is CCCCCCCCCCCCCCCCCCCCCCCCCC(O)C(COC1OC(CO)C(O)C(O)C1O)NC(=O)CCCCCCCCCCCCC. The van der Waals surface area contributed by atoms with Gasteiger partial charge in [0, 0.05) is 6.42 Å². The van der Waals surface area contributed by atoms with E-state index in [1.54, 1.807) is 0 Å². The van der Waals surface area contributed by atoms with E-state index in [2.05, 4.69) is 19.2 Å². The Kier molecular flexibility index (Phi) is 37.4. The Morgan fingerprint density at radius 1 is 0.526 bits per heavy atom. The van der Waals surface area contributed by atoms with Crippen molar-refractivity contribution < 1.29 is 39.8 Å². The van der Waals surface area contributed by atoms with Gasteiger partial charge in [-0.3, -0.25) is 4.79 Å². The predicted octanol–water partition coefficient (Wildman–Crippen LogP) is 10.7. The molecule has 1 aliphatic rings. The summed E-state index contributed by atoms with van der Waals surface area (Å²) in [6.45, 7) is 3.85. The molecule has 1 saturated heterocycles. The van der Waals surface area contributed by atoms with Gasteiger partial charge >= 0.3 is 0 Å². The van der Waals surface area contributed by atoms with Crippen molar-refractivity contribution in [3.05, 3.63) is 0 Å². The van der Waals surface area contributed by atoms with Crippen LogP contribution in [0, 0.1) is 0 Å². The summed E-state index contributed by atoms with van der Waals surface area (Å²) in [5.41, 5.74) is 0. The zero-order valence-electron chi connectivity index (χ0n) is 37.4. The molecule has 0 spiro atoms. The lowest BCUT2D eigenvalue weighted by Gasteiger charge is -2.40. The summed E-state index contributed by atoms with van der Waals surface area (Å²) in [5.74, 6) is -0.142. The second-order valence-corrected chi connectivity index (χ2v) is 17.6. The van der Waals surface area contributed by atoms with Crippen LogP contribution in [0.5, 0.6) is 0 Å². The standard InChI is InChI=1S/C48H95NO8/c1-3-5-7-9-11-13-15-16-17-18-19-20-21-22-23-24-25-26-28-29-31-33-35-37-42(51)41(40-56-48-47(55)46(54)45(53)43(39-50)57-48)49-44(52)38-36-34-32-30-27-14-12-10-8-6-4-2/h41-43,45-48,50-51,53-55H,3-40H2,1-2H3,(H,49,52). The molecule has 1 aliphatic heterocycles. The Balaban J connectivity index is 2.22. The van der Waals surface area contributed by atoms with E-state index in [0.717, 1.165) is 38.5 Å². The summed E-state index contributed by atoms with van der Waals surface area (Å²) in [5, 5.41) is 54.4. The number of carbonyl (C=O) groups excluding carboxylic acids is 1. The van der Waals surface area contributed by atoms with E-state index in [1.165, 1.54) is 180 Å². The smallest absolute Gasteiger partial charge is 0.220 e. The second kappa shape index (κ2) is 39.3. The molecule has 6 N–H and O–H groups in total. The van der Waals surface area contributed by atoms with E-state index < -0.39 is 49.5 Å². The fourth-order valence-electron chi connectivity index (χ4n) is 8.22. The van der Waals surface area contributed by atoms with Crippen molar-refractivity contribution in [3.8, 4) is 0 Å². The number of nitrogens with one attached hydrogen (secondary N) is 1. The Morgan fingerprint density at radius 2 is 0.877 bits per heavy atom. The number of hydrogen-bond donors (Lipinski definition) is 6. The number of carbonyl (C=O) groups is 1. The fourth-order valence-corrected chi connectivity index (χ4v) is 8.22. The van der Waals surface area contributed by atoms with Crippen LogP contribution < -0.4 is 5.32 Å². The monoisotopic (exact) mass is 814 g/mol. The summed E-state index contributed by atoms with van der Waals surface area (Å²) in [6, 6.07) is -0.711. The normalized spacial score (nSPS) is 20.9. The van der Waals surface area contributed by atoms with E-state index in [4.69, 9.17) is 9.47 Å². The third-order valence-electron chi connectivity index (χ3n) is 12.2. The van der Waals surface area contributed by atoms with Gasteiger partial charge in [0.25, 0.3) is 0 Å². The van der Waals surface area contributed by atoms with E-state index in [-0.39, 0.29) is 12.5 Å². The zero-order chi connectivity index (χ0) is 41.6.